The Morgan fingerprint density at radius 1 is 1.41 bits per heavy atom. The summed E-state index contributed by atoms with van der Waals surface area (Å²) >= 11 is 3.52. The molecule has 7 nitrogen and oxygen atoms in total. The van der Waals surface area contributed by atoms with E-state index in [0.29, 0.717) is 13.2 Å². The van der Waals surface area contributed by atoms with Crippen LogP contribution in [0.4, 0.5) is 0 Å². The number of guanidine groups is 1. The third-order valence-electron chi connectivity index (χ3n) is 4.51. The van der Waals surface area contributed by atoms with E-state index in [0.717, 1.165) is 34.9 Å². The van der Waals surface area contributed by atoms with Crippen LogP contribution in [0.15, 0.2) is 21.7 Å². The number of nitrogens with zero attached hydrogens (tertiary/aromatic N) is 5. The first-order chi connectivity index (χ1) is 12.4. The van der Waals surface area contributed by atoms with Crippen LogP contribution < -0.4 is 5.32 Å². The molecule has 0 aliphatic heterocycles. The quantitative estimate of drug-likeness (QED) is 0.326. The van der Waals surface area contributed by atoms with Crippen LogP contribution >= 0.6 is 39.9 Å². The molecular formula is C18H30BrIN6O. The fraction of sp³-hybridized carbons (Fsp3) is 0.556. The van der Waals surface area contributed by atoms with Crippen LogP contribution in [0.2, 0.25) is 0 Å². The summed E-state index contributed by atoms with van der Waals surface area (Å²) in [4.78, 5) is 6.53. The normalized spacial score (nSPS) is 11.4. The Labute approximate surface area is 187 Å². The molecule has 0 aromatic carbocycles. The van der Waals surface area contributed by atoms with Gasteiger partial charge in [-0.1, -0.05) is 0 Å². The summed E-state index contributed by atoms with van der Waals surface area (Å²) in [6.07, 6.45) is 2.06. The first-order valence-electron chi connectivity index (χ1n) is 8.61. The van der Waals surface area contributed by atoms with E-state index in [2.05, 4.69) is 60.0 Å². The lowest BCUT2D eigenvalue weighted by atomic mass is 10.2. The number of hydrogen-bond acceptors (Lipinski definition) is 3. The topological polar surface area (TPSA) is 59.6 Å². The number of aromatic nitrogens is 3. The minimum atomic E-state index is 0. The number of hydrogen-bond donors (Lipinski definition) is 1. The molecule has 0 aliphatic carbocycles. The second-order valence-electron chi connectivity index (χ2n) is 6.38. The van der Waals surface area contributed by atoms with Crippen molar-refractivity contribution in [1.82, 2.24) is 24.6 Å². The number of halogens is 2. The van der Waals surface area contributed by atoms with Gasteiger partial charge in [0.15, 0.2) is 5.96 Å². The fourth-order valence-electron chi connectivity index (χ4n) is 2.98. The first kappa shape index (κ1) is 24.0. The minimum absolute atomic E-state index is 0. The molecule has 2 heterocycles. The zero-order valence-electron chi connectivity index (χ0n) is 16.9. The van der Waals surface area contributed by atoms with Gasteiger partial charge < -0.3 is 19.5 Å². The first-order valence-corrected chi connectivity index (χ1v) is 9.41. The Balaban J connectivity index is 0.00000364. The van der Waals surface area contributed by atoms with Gasteiger partial charge in [0, 0.05) is 62.4 Å². The average molecular weight is 553 g/mol. The second kappa shape index (κ2) is 11.1. The van der Waals surface area contributed by atoms with Crippen LogP contribution in [0, 0.1) is 13.8 Å². The standard InChI is InChI=1S/C18H29BrN6O.HI/c1-13-17(14(2)25(22-13)7-8-26-6)10-21-18(20-3)24(5)12-16-9-15(19)11-23(16)4;/h9,11H,7-8,10,12H2,1-6H3,(H,20,21);1H. The Bertz CT molecular complexity index is 770. The average Bonchev–Trinajstić information content (AvgIpc) is 3.05. The summed E-state index contributed by atoms with van der Waals surface area (Å²) in [6, 6.07) is 2.12. The van der Waals surface area contributed by atoms with Gasteiger partial charge in [0.2, 0.25) is 0 Å². The number of rotatable bonds is 7. The van der Waals surface area contributed by atoms with E-state index in [1.807, 2.05) is 32.7 Å². The van der Waals surface area contributed by atoms with Gasteiger partial charge in [0.05, 0.1) is 25.4 Å². The van der Waals surface area contributed by atoms with Gasteiger partial charge in [0.25, 0.3) is 0 Å². The summed E-state index contributed by atoms with van der Waals surface area (Å²) in [5.74, 6) is 0.853. The van der Waals surface area contributed by atoms with Crippen molar-refractivity contribution >= 4 is 45.9 Å². The van der Waals surface area contributed by atoms with Crippen LogP contribution in [0.3, 0.4) is 0 Å². The van der Waals surface area contributed by atoms with Gasteiger partial charge in [-0.25, -0.2) is 0 Å². The monoisotopic (exact) mass is 552 g/mol. The third-order valence-corrected chi connectivity index (χ3v) is 4.94. The Morgan fingerprint density at radius 3 is 2.67 bits per heavy atom. The smallest absolute Gasteiger partial charge is 0.194 e. The molecule has 0 fully saturated rings. The molecule has 0 radical (unpaired) electrons. The molecule has 0 saturated carbocycles. The van der Waals surface area contributed by atoms with Gasteiger partial charge >= 0.3 is 0 Å². The lowest BCUT2D eigenvalue weighted by molar-refractivity contribution is 0.182. The molecule has 0 bridgehead atoms. The fourth-order valence-corrected chi connectivity index (χ4v) is 3.55. The van der Waals surface area contributed by atoms with Crippen LogP contribution in [0.5, 0.6) is 0 Å². The minimum Gasteiger partial charge on any atom is -0.383 e. The molecule has 0 spiro atoms. The number of methoxy groups -OCH3 is 1. The molecule has 1 N–H and O–H groups in total. The summed E-state index contributed by atoms with van der Waals surface area (Å²) < 4.78 is 10.4. The van der Waals surface area contributed by atoms with Gasteiger partial charge in [-0.3, -0.25) is 9.67 Å². The summed E-state index contributed by atoms with van der Waals surface area (Å²) in [5, 5.41) is 8.07. The zero-order valence-corrected chi connectivity index (χ0v) is 20.8. The highest BCUT2D eigenvalue weighted by atomic mass is 127. The van der Waals surface area contributed by atoms with E-state index in [4.69, 9.17) is 4.74 Å². The van der Waals surface area contributed by atoms with Crippen molar-refractivity contribution in [2.75, 3.05) is 27.8 Å². The summed E-state index contributed by atoms with van der Waals surface area (Å²) in [7, 11) is 7.60. The van der Waals surface area contributed by atoms with Gasteiger partial charge in [0.1, 0.15) is 0 Å². The van der Waals surface area contributed by atoms with Crippen LogP contribution in [-0.2, 0) is 31.4 Å². The number of ether oxygens (including phenoxy) is 1. The highest BCUT2D eigenvalue weighted by Gasteiger charge is 2.14. The van der Waals surface area contributed by atoms with Crippen molar-refractivity contribution in [3.63, 3.8) is 0 Å². The maximum Gasteiger partial charge on any atom is 0.194 e. The largest absolute Gasteiger partial charge is 0.383 e. The molecule has 152 valence electrons. The van der Waals surface area contributed by atoms with Gasteiger partial charge in [-0.15, -0.1) is 24.0 Å². The van der Waals surface area contributed by atoms with E-state index in [1.165, 1.54) is 11.3 Å². The molecule has 0 amide bonds. The third kappa shape index (κ3) is 6.21. The van der Waals surface area contributed by atoms with Crippen LogP contribution in [-0.4, -0.2) is 53.0 Å². The molecule has 0 unspecified atom stereocenters. The predicted molar refractivity (Wildman–Crippen MR) is 124 cm³/mol. The molecule has 0 saturated heterocycles. The van der Waals surface area contributed by atoms with Crippen molar-refractivity contribution in [1.29, 1.82) is 0 Å². The van der Waals surface area contributed by atoms with E-state index in [-0.39, 0.29) is 24.0 Å². The van der Waals surface area contributed by atoms with Crippen molar-refractivity contribution in [3.05, 3.63) is 39.4 Å². The van der Waals surface area contributed by atoms with E-state index >= 15 is 0 Å². The molecule has 0 aliphatic rings. The van der Waals surface area contributed by atoms with E-state index < -0.39 is 0 Å². The lowest BCUT2D eigenvalue weighted by Crippen LogP contribution is -2.38. The van der Waals surface area contributed by atoms with Crippen molar-refractivity contribution < 1.29 is 4.74 Å². The molecule has 0 atom stereocenters. The number of nitrogens with one attached hydrogen (secondary N) is 1. The molecule has 2 aromatic rings. The Morgan fingerprint density at radius 2 is 2.11 bits per heavy atom. The molecule has 9 heteroatoms. The van der Waals surface area contributed by atoms with E-state index in [1.54, 1.807) is 7.11 Å². The molecule has 2 rings (SSSR count). The number of aliphatic imine (C=N–C) groups is 1. The second-order valence-corrected chi connectivity index (χ2v) is 7.30. The summed E-state index contributed by atoms with van der Waals surface area (Å²) in [5.41, 5.74) is 4.62. The maximum absolute atomic E-state index is 5.16. The molecule has 27 heavy (non-hydrogen) atoms. The predicted octanol–water partition coefficient (Wildman–Crippen LogP) is 3.07. The van der Waals surface area contributed by atoms with Crippen molar-refractivity contribution in [2.24, 2.45) is 12.0 Å². The van der Waals surface area contributed by atoms with Crippen molar-refractivity contribution in [2.45, 2.75) is 33.5 Å². The Hall–Kier alpha value is -1.07. The van der Waals surface area contributed by atoms with Crippen molar-refractivity contribution in [3.8, 4) is 0 Å². The van der Waals surface area contributed by atoms with Gasteiger partial charge in [-0.05, 0) is 35.8 Å². The maximum atomic E-state index is 5.16. The summed E-state index contributed by atoms with van der Waals surface area (Å²) in [6.45, 7) is 7.03. The van der Waals surface area contributed by atoms with Gasteiger partial charge in [-0.2, -0.15) is 5.10 Å². The highest BCUT2D eigenvalue weighted by Crippen LogP contribution is 2.16. The Kier molecular flexibility index (Phi) is 9.82. The number of aryl methyl sites for hydroxylation is 2. The molecular weight excluding hydrogens is 523 g/mol. The van der Waals surface area contributed by atoms with Crippen LogP contribution in [0.25, 0.3) is 0 Å². The van der Waals surface area contributed by atoms with Crippen LogP contribution in [0.1, 0.15) is 22.6 Å². The SMILES string of the molecule is CN=C(NCc1c(C)nn(CCOC)c1C)N(C)Cc1cc(Br)cn1C.I. The lowest BCUT2D eigenvalue weighted by Gasteiger charge is -2.22. The van der Waals surface area contributed by atoms with E-state index in [9.17, 15) is 0 Å². The highest BCUT2D eigenvalue weighted by molar-refractivity contribution is 14.0. The zero-order chi connectivity index (χ0) is 19.3. The molecule has 2 aromatic heterocycles.